The van der Waals surface area contributed by atoms with Gasteiger partial charge in [-0.05, 0) is 31.0 Å². The van der Waals surface area contributed by atoms with E-state index in [4.69, 9.17) is 5.11 Å². The predicted molar refractivity (Wildman–Crippen MR) is 74.0 cm³/mol. The molecular weight excluding hydrogens is 228 g/mol. The fraction of sp³-hybridized carbons (Fsp3) is 0.500. The largest absolute Gasteiger partial charge is 0.395 e. The summed E-state index contributed by atoms with van der Waals surface area (Å²) in [5.74, 6) is -0.0670. The molecule has 18 heavy (non-hydrogen) atoms. The van der Waals surface area contributed by atoms with Crippen molar-refractivity contribution in [2.75, 3.05) is 32.1 Å². The molecule has 0 radical (unpaired) electrons. The molecule has 1 aromatic rings. The van der Waals surface area contributed by atoms with Crippen molar-refractivity contribution in [3.63, 3.8) is 0 Å². The second-order valence-electron chi connectivity index (χ2n) is 4.43. The molecule has 0 aliphatic carbocycles. The zero-order valence-corrected chi connectivity index (χ0v) is 11.4. The van der Waals surface area contributed by atoms with Gasteiger partial charge in [0.15, 0.2) is 0 Å². The fourth-order valence-electron chi connectivity index (χ4n) is 1.71. The maximum atomic E-state index is 12.2. The Labute approximate surface area is 109 Å². The van der Waals surface area contributed by atoms with Crippen LogP contribution in [0.4, 0.5) is 5.69 Å². The number of anilines is 1. The molecule has 1 aromatic carbocycles. The van der Waals surface area contributed by atoms with Crippen LogP contribution in [0.1, 0.15) is 29.3 Å². The molecular formula is C14H22N2O2. The summed E-state index contributed by atoms with van der Waals surface area (Å²) in [6, 6.07) is 5.75. The van der Waals surface area contributed by atoms with Crippen molar-refractivity contribution in [3.05, 3.63) is 29.3 Å². The Morgan fingerprint density at radius 3 is 2.78 bits per heavy atom. The van der Waals surface area contributed by atoms with E-state index in [1.807, 2.05) is 25.1 Å². The van der Waals surface area contributed by atoms with Crippen molar-refractivity contribution in [2.24, 2.45) is 0 Å². The van der Waals surface area contributed by atoms with Gasteiger partial charge in [0.1, 0.15) is 0 Å². The maximum absolute atomic E-state index is 12.2. The van der Waals surface area contributed by atoms with Crippen molar-refractivity contribution in [1.29, 1.82) is 0 Å². The van der Waals surface area contributed by atoms with Crippen LogP contribution in [-0.4, -0.2) is 42.7 Å². The highest BCUT2D eigenvalue weighted by molar-refractivity contribution is 5.99. The average Bonchev–Trinajstić information content (AvgIpc) is 2.36. The number of aryl methyl sites for hydroxylation is 1. The van der Waals surface area contributed by atoms with E-state index in [9.17, 15) is 4.79 Å². The minimum atomic E-state index is -0.0670. The van der Waals surface area contributed by atoms with Crippen LogP contribution in [0.2, 0.25) is 0 Å². The molecule has 4 heteroatoms. The minimum absolute atomic E-state index is 0.0220. The first-order valence-electron chi connectivity index (χ1n) is 6.31. The third-order valence-electron chi connectivity index (χ3n) is 2.75. The van der Waals surface area contributed by atoms with E-state index in [0.717, 1.165) is 24.2 Å². The highest BCUT2D eigenvalue weighted by atomic mass is 16.3. The van der Waals surface area contributed by atoms with Crippen LogP contribution in [0.15, 0.2) is 18.2 Å². The van der Waals surface area contributed by atoms with Crippen LogP contribution >= 0.6 is 0 Å². The Morgan fingerprint density at radius 2 is 2.17 bits per heavy atom. The first kappa shape index (κ1) is 14.5. The van der Waals surface area contributed by atoms with E-state index in [1.54, 1.807) is 7.05 Å². The number of hydrogen-bond acceptors (Lipinski definition) is 3. The van der Waals surface area contributed by atoms with Gasteiger partial charge in [0.2, 0.25) is 0 Å². The Kier molecular flexibility index (Phi) is 5.65. The lowest BCUT2D eigenvalue weighted by molar-refractivity contribution is 0.0768. The molecule has 1 rings (SSSR count). The molecule has 0 spiro atoms. The summed E-state index contributed by atoms with van der Waals surface area (Å²) in [5.41, 5.74) is 2.65. The van der Waals surface area contributed by atoms with Gasteiger partial charge in [0.25, 0.3) is 5.91 Å². The number of nitrogens with zero attached hydrogens (tertiary/aromatic N) is 1. The molecule has 0 aliphatic rings. The van der Waals surface area contributed by atoms with Gasteiger partial charge in [-0.3, -0.25) is 4.79 Å². The summed E-state index contributed by atoms with van der Waals surface area (Å²) in [6.45, 7) is 5.25. The number of carbonyl (C=O) groups is 1. The monoisotopic (exact) mass is 250 g/mol. The molecule has 0 aliphatic heterocycles. The molecule has 0 atom stereocenters. The molecule has 0 heterocycles. The normalized spacial score (nSPS) is 10.2. The van der Waals surface area contributed by atoms with Gasteiger partial charge in [-0.2, -0.15) is 0 Å². The second-order valence-corrected chi connectivity index (χ2v) is 4.43. The van der Waals surface area contributed by atoms with Gasteiger partial charge in [0, 0.05) is 25.8 Å². The van der Waals surface area contributed by atoms with E-state index < -0.39 is 0 Å². The zero-order valence-electron chi connectivity index (χ0n) is 11.4. The van der Waals surface area contributed by atoms with Crippen LogP contribution in [0, 0.1) is 6.92 Å². The van der Waals surface area contributed by atoms with Crippen molar-refractivity contribution < 1.29 is 9.90 Å². The zero-order chi connectivity index (χ0) is 13.5. The number of rotatable bonds is 6. The maximum Gasteiger partial charge on any atom is 0.255 e. The third kappa shape index (κ3) is 3.74. The number of hydrogen-bond donors (Lipinski definition) is 2. The van der Waals surface area contributed by atoms with E-state index in [1.165, 1.54) is 4.90 Å². The molecule has 4 nitrogen and oxygen atoms in total. The van der Waals surface area contributed by atoms with E-state index >= 15 is 0 Å². The molecule has 1 amide bonds. The smallest absolute Gasteiger partial charge is 0.255 e. The lowest BCUT2D eigenvalue weighted by Gasteiger charge is -2.19. The van der Waals surface area contributed by atoms with E-state index in [0.29, 0.717) is 12.1 Å². The summed E-state index contributed by atoms with van der Waals surface area (Å²) in [5, 5.41) is 12.1. The number of carbonyl (C=O) groups excluding carboxylic acids is 1. The Morgan fingerprint density at radius 1 is 1.44 bits per heavy atom. The summed E-state index contributed by atoms with van der Waals surface area (Å²) < 4.78 is 0. The summed E-state index contributed by atoms with van der Waals surface area (Å²) in [6.07, 6.45) is 1.01. The van der Waals surface area contributed by atoms with Gasteiger partial charge >= 0.3 is 0 Å². The molecule has 0 aromatic heterocycles. The highest BCUT2D eigenvalue weighted by Gasteiger charge is 2.15. The lowest BCUT2D eigenvalue weighted by atomic mass is 10.1. The standard InChI is InChI=1S/C14H22N2O2/c1-4-7-15-13-10-11(2)5-6-12(13)14(18)16(3)8-9-17/h5-6,10,15,17H,4,7-9H2,1-3H3. The van der Waals surface area contributed by atoms with Crippen molar-refractivity contribution in [3.8, 4) is 0 Å². The van der Waals surface area contributed by atoms with Crippen LogP contribution < -0.4 is 5.32 Å². The van der Waals surface area contributed by atoms with Crippen LogP contribution in [0.5, 0.6) is 0 Å². The van der Waals surface area contributed by atoms with Crippen molar-refractivity contribution in [2.45, 2.75) is 20.3 Å². The third-order valence-corrected chi connectivity index (χ3v) is 2.75. The highest BCUT2D eigenvalue weighted by Crippen LogP contribution is 2.19. The van der Waals surface area contributed by atoms with Crippen LogP contribution in [0.3, 0.4) is 0 Å². The molecule has 0 saturated carbocycles. The molecule has 0 fully saturated rings. The van der Waals surface area contributed by atoms with Gasteiger partial charge in [-0.25, -0.2) is 0 Å². The van der Waals surface area contributed by atoms with Gasteiger partial charge in [-0.1, -0.05) is 13.0 Å². The Bertz CT molecular complexity index is 405. The average molecular weight is 250 g/mol. The van der Waals surface area contributed by atoms with Gasteiger partial charge in [-0.15, -0.1) is 0 Å². The number of aliphatic hydroxyl groups excluding tert-OH is 1. The number of likely N-dealkylation sites (N-methyl/N-ethyl adjacent to an activating group) is 1. The molecule has 0 saturated heterocycles. The first-order valence-corrected chi connectivity index (χ1v) is 6.31. The number of amides is 1. The summed E-state index contributed by atoms with van der Waals surface area (Å²) in [4.78, 5) is 13.7. The van der Waals surface area contributed by atoms with Gasteiger partial charge < -0.3 is 15.3 Å². The van der Waals surface area contributed by atoms with Crippen LogP contribution in [-0.2, 0) is 0 Å². The van der Waals surface area contributed by atoms with Gasteiger partial charge in [0.05, 0.1) is 12.2 Å². The number of aliphatic hydroxyl groups is 1. The van der Waals surface area contributed by atoms with Crippen molar-refractivity contribution in [1.82, 2.24) is 4.90 Å². The van der Waals surface area contributed by atoms with Crippen LogP contribution in [0.25, 0.3) is 0 Å². The second kappa shape index (κ2) is 7.01. The lowest BCUT2D eigenvalue weighted by Crippen LogP contribution is -2.30. The molecule has 0 bridgehead atoms. The number of nitrogens with one attached hydrogen (secondary N) is 1. The SMILES string of the molecule is CCCNc1cc(C)ccc1C(=O)N(C)CCO. The molecule has 0 unspecified atom stereocenters. The number of benzene rings is 1. The molecule has 2 N–H and O–H groups in total. The fourth-order valence-corrected chi connectivity index (χ4v) is 1.71. The molecule has 100 valence electrons. The van der Waals surface area contributed by atoms with E-state index in [-0.39, 0.29) is 12.5 Å². The first-order chi connectivity index (χ1) is 8.60. The van der Waals surface area contributed by atoms with Crippen molar-refractivity contribution >= 4 is 11.6 Å². The predicted octanol–water partition coefficient (Wildman–Crippen LogP) is 1.88. The topological polar surface area (TPSA) is 52.6 Å². The van der Waals surface area contributed by atoms with E-state index in [2.05, 4.69) is 12.2 Å². The minimum Gasteiger partial charge on any atom is -0.395 e. The summed E-state index contributed by atoms with van der Waals surface area (Å²) >= 11 is 0. The quantitative estimate of drug-likeness (QED) is 0.810. The summed E-state index contributed by atoms with van der Waals surface area (Å²) in [7, 11) is 1.70. The Hall–Kier alpha value is -1.55. The Balaban J connectivity index is 2.95.